The molecular formula is C40H78O8. The standard InChI is InChI=1S/C40H78O8/c1-5-7-8-20-26-33(4)27-22-17-13-11-15-19-24-29-46-30-34(41)31-47-39-37(44)36(43)38(45)40(39)48-35(42)28-23-18-14-10-9-12-16-21-25-32(3)6-2/h32-34,36-41,43-45H,5-31H2,1-4H3. The molecule has 0 spiro atoms. The Morgan fingerprint density at radius 3 is 1.62 bits per heavy atom. The number of aliphatic hydroxyl groups excluding tert-OH is 4. The highest BCUT2D eigenvalue weighted by Gasteiger charge is 2.52. The Hall–Kier alpha value is -0.770. The summed E-state index contributed by atoms with van der Waals surface area (Å²) in [6, 6.07) is 0. The van der Waals surface area contributed by atoms with E-state index in [9.17, 15) is 25.2 Å². The molecule has 0 radical (unpaired) electrons. The second-order valence-corrected chi connectivity index (χ2v) is 15.1. The van der Waals surface area contributed by atoms with Crippen molar-refractivity contribution in [1.82, 2.24) is 0 Å². The van der Waals surface area contributed by atoms with Crippen LogP contribution >= 0.6 is 0 Å². The topological polar surface area (TPSA) is 126 Å². The third kappa shape index (κ3) is 22.1. The summed E-state index contributed by atoms with van der Waals surface area (Å²) in [4.78, 5) is 12.5. The van der Waals surface area contributed by atoms with Gasteiger partial charge in [-0.05, 0) is 24.7 Å². The van der Waals surface area contributed by atoms with E-state index in [0.29, 0.717) is 13.0 Å². The fourth-order valence-corrected chi connectivity index (χ4v) is 6.68. The maximum Gasteiger partial charge on any atom is 0.306 e. The van der Waals surface area contributed by atoms with Crippen molar-refractivity contribution in [1.29, 1.82) is 0 Å². The maximum absolute atomic E-state index is 12.5. The lowest BCUT2D eigenvalue weighted by Crippen LogP contribution is -2.41. The van der Waals surface area contributed by atoms with Crippen LogP contribution in [0.15, 0.2) is 0 Å². The molecule has 1 fully saturated rings. The van der Waals surface area contributed by atoms with Gasteiger partial charge in [-0.3, -0.25) is 4.79 Å². The first-order valence-corrected chi connectivity index (χ1v) is 20.3. The average molecular weight is 687 g/mol. The highest BCUT2D eigenvalue weighted by atomic mass is 16.6. The van der Waals surface area contributed by atoms with Crippen LogP contribution in [-0.4, -0.2) is 82.8 Å². The summed E-state index contributed by atoms with van der Waals surface area (Å²) < 4.78 is 16.7. The minimum absolute atomic E-state index is 0.0903. The van der Waals surface area contributed by atoms with Crippen LogP contribution in [0.25, 0.3) is 0 Å². The number of esters is 1. The first-order valence-electron chi connectivity index (χ1n) is 20.3. The van der Waals surface area contributed by atoms with Gasteiger partial charge >= 0.3 is 5.97 Å². The van der Waals surface area contributed by atoms with Crippen molar-refractivity contribution in [3.05, 3.63) is 0 Å². The van der Waals surface area contributed by atoms with Gasteiger partial charge in [-0.15, -0.1) is 0 Å². The lowest BCUT2D eigenvalue weighted by Gasteiger charge is -2.24. The van der Waals surface area contributed by atoms with Crippen molar-refractivity contribution in [2.75, 3.05) is 19.8 Å². The molecule has 1 rings (SSSR count). The van der Waals surface area contributed by atoms with Gasteiger partial charge in [0, 0.05) is 13.0 Å². The SMILES string of the molecule is CCCCCCC(C)CCCCCCCCCOCC(O)COC1C(O)C(O)C(O)C1OC(=O)CCCCCCCCCCC(C)CC. The number of rotatable bonds is 33. The van der Waals surface area contributed by atoms with Crippen LogP contribution < -0.4 is 0 Å². The first kappa shape index (κ1) is 45.3. The lowest BCUT2D eigenvalue weighted by atomic mass is 9.96. The Bertz CT molecular complexity index is 736. The van der Waals surface area contributed by atoms with Crippen molar-refractivity contribution >= 4 is 5.97 Å². The van der Waals surface area contributed by atoms with Crippen LogP contribution in [0.2, 0.25) is 0 Å². The number of hydrogen-bond acceptors (Lipinski definition) is 8. The van der Waals surface area contributed by atoms with Gasteiger partial charge in [-0.25, -0.2) is 0 Å². The van der Waals surface area contributed by atoms with E-state index in [1.54, 1.807) is 0 Å². The van der Waals surface area contributed by atoms with E-state index >= 15 is 0 Å². The molecule has 1 aliphatic rings. The zero-order chi connectivity index (χ0) is 35.4. The Morgan fingerprint density at radius 2 is 1.06 bits per heavy atom. The van der Waals surface area contributed by atoms with Crippen LogP contribution in [0.3, 0.4) is 0 Å². The molecule has 8 nitrogen and oxygen atoms in total. The molecule has 0 heterocycles. The number of unbranched alkanes of at least 4 members (excludes halogenated alkanes) is 16. The number of ether oxygens (including phenoxy) is 3. The van der Waals surface area contributed by atoms with Crippen molar-refractivity contribution in [3.63, 3.8) is 0 Å². The molecule has 4 N–H and O–H groups in total. The predicted octanol–water partition coefficient (Wildman–Crippen LogP) is 8.43. The molecule has 286 valence electrons. The van der Waals surface area contributed by atoms with Crippen molar-refractivity contribution < 1.29 is 39.4 Å². The van der Waals surface area contributed by atoms with Gasteiger partial charge < -0.3 is 34.6 Å². The Kier molecular flexibility index (Phi) is 28.2. The summed E-state index contributed by atoms with van der Waals surface area (Å²) in [6.45, 7) is 9.73. The maximum atomic E-state index is 12.5. The molecule has 0 aromatic rings. The number of aliphatic hydroxyl groups is 4. The van der Waals surface area contributed by atoms with E-state index < -0.39 is 42.6 Å². The van der Waals surface area contributed by atoms with E-state index in [1.807, 2.05) is 0 Å². The summed E-state index contributed by atoms with van der Waals surface area (Å²) in [7, 11) is 0. The fourth-order valence-electron chi connectivity index (χ4n) is 6.68. The normalized spacial score (nSPS) is 23.0. The third-order valence-corrected chi connectivity index (χ3v) is 10.3. The molecule has 8 atom stereocenters. The summed E-state index contributed by atoms with van der Waals surface area (Å²) >= 11 is 0. The monoisotopic (exact) mass is 687 g/mol. The van der Waals surface area contributed by atoms with E-state index in [0.717, 1.165) is 37.5 Å². The molecule has 8 unspecified atom stereocenters. The highest BCUT2D eigenvalue weighted by molar-refractivity contribution is 5.69. The minimum Gasteiger partial charge on any atom is -0.457 e. The van der Waals surface area contributed by atoms with Gasteiger partial charge in [0.05, 0.1) is 13.2 Å². The van der Waals surface area contributed by atoms with E-state index in [4.69, 9.17) is 14.2 Å². The molecule has 8 heteroatoms. The molecule has 0 aromatic heterocycles. The summed E-state index contributed by atoms with van der Waals surface area (Å²) in [5, 5.41) is 41.3. The van der Waals surface area contributed by atoms with Gasteiger partial charge in [-0.2, -0.15) is 0 Å². The minimum atomic E-state index is -1.49. The van der Waals surface area contributed by atoms with Crippen LogP contribution in [-0.2, 0) is 19.0 Å². The Labute approximate surface area is 295 Å². The van der Waals surface area contributed by atoms with Gasteiger partial charge in [0.2, 0.25) is 0 Å². The zero-order valence-corrected chi connectivity index (χ0v) is 31.6. The average Bonchev–Trinajstić information content (AvgIpc) is 3.27. The fraction of sp³-hybridized carbons (Fsp3) is 0.975. The molecule has 0 aliphatic heterocycles. The smallest absolute Gasteiger partial charge is 0.306 e. The van der Waals surface area contributed by atoms with Crippen LogP contribution in [0.5, 0.6) is 0 Å². The molecule has 0 aromatic carbocycles. The van der Waals surface area contributed by atoms with Crippen molar-refractivity contribution in [3.8, 4) is 0 Å². The molecular weight excluding hydrogens is 608 g/mol. The zero-order valence-electron chi connectivity index (χ0n) is 31.6. The van der Waals surface area contributed by atoms with Crippen molar-refractivity contribution in [2.45, 2.75) is 218 Å². The molecule has 48 heavy (non-hydrogen) atoms. The van der Waals surface area contributed by atoms with Crippen molar-refractivity contribution in [2.24, 2.45) is 11.8 Å². The second kappa shape index (κ2) is 29.9. The largest absolute Gasteiger partial charge is 0.457 e. The lowest BCUT2D eigenvalue weighted by molar-refractivity contribution is -0.168. The predicted molar refractivity (Wildman–Crippen MR) is 195 cm³/mol. The van der Waals surface area contributed by atoms with E-state index in [-0.39, 0.29) is 19.6 Å². The van der Waals surface area contributed by atoms with Crippen LogP contribution in [0, 0.1) is 11.8 Å². The van der Waals surface area contributed by atoms with Crippen LogP contribution in [0.1, 0.15) is 182 Å². The number of hydrogen-bond donors (Lipinski definition) is 4. The molecule has 1 aliphatic carbocycles. The quantitative estimate of drug-likeness (QED) is 0.0401. The van der Waals surface area contributed by atoms with Gasteiger partial charge in [0.25, 0.3) is 0 Å². The first-order chi connectivity index (χ1) is 23.2. The van der Waals surface area contributed by atoms with Gasteiger partial charge in [0.15, 0.2) is 6.10 Å². The van der Waals surface area contributed by atoms with Gasteiger partial charge in [0.1, 0.15) is 30.5 Å². The molecule has 0 amide bonds. The van der Waals surface area contributed by atoms with Crippen LogP contribution in [0.4, 0.5) is 0 Å². The van der Waals surface area contributed by atoms with Gasteiger partial charge in [-0.1, -0.05) is 163 Å². The highest BCUT2D eigenvalue weighted by Crippen LogP contribution is 2.28. The number of carbonyl (C=O) groups excluding carboxylic acids is 1. The van der Waals surface area contributed by atoms with E-state index in [1.165, 1.54) is 116 Å². The summed E-state index contributed by atoms with van der Waals surface area (Å²) in [6.07, 6.45) is 20.8. The Morgan fingerprint density at radius 1 is 0.583 bits per heavy atom. The summed E-state index contributed by atoms with van der Waals surface area (Å²) in [5.41, 5.74) is 0. The molecule has 1 saturated carbocycles. The summed E-state index contributed by atoms with van der Waals surface area (Å²) in [5.74, 6) is 1.21. The number of carbonyl (C=O) groups is 1. The van der Waals surface area contributed by atoms with E-state index in [2.05, 4.69) is 27.7 Å². The second-order valence-electron chi connectivity index (χ2n) is 15.1. The molecule has 0 bridgehead atoms. The third-order valence-electron chi connectivity index (χ3n) is 10.3. The molecule has 0 saturated heterocycles. The Balaban J connectivity index is 2.11.